The first-order valence-electron chi connectivity index (χ1n) is 9.67. The van der Waals surface area contributed by atoms with Crippen LogP contribution in [0, 0.1) is 0 Å². The van der Waals surface area contributed by atoms with Gasteiger partial charge in [0.05, 0.1) is 17.7 Å². The molecule has 6 nitrogen and oxygen atoms in total. The normalized spacial score (nSPS) is 11.0. The van der Waals surface area contributed by atoms with E-state index in [-0.39, 0.29) is 17.3 Å². The van der Waals surface area contributed by atoms with Gasteiger partial charge < -0.3 is 10.1 Å². The van der Waals surface area contributed by atoms with E-state index in [1.54, 1.807) is 54.2 Å². The van der Waals surface area contributed by atoms with Crippen LogP contribution in [0.25, 0.3) is 0 Å². The predicted octanol–water partition coefficient (Wildman–Crippen LogP) is 3.80. The summed E-state index contributed by atoms with van der Waals surface area (Å²) in [5, 5.41) is 2.81. The molecule has 0 heterocycles. The Morgan fingerprint density at radius 2 is 1.65 bits per heavy atom. The van der Waals surface area contributed by atoms with Crippen LogP contribution in [0.1, 0.15) is 0 Å². The fourth-order valence-corrected chi connectivity index (χ4v) is 5.09. The molecule has 0 saturated heterocycles. The standard InChI is InChI=1S/C23H24N2O4S2/c1-29-20-10-8-9-19(17-20)25(31(27,28)22-13-6-3-7-14-22)18-23(26)24-15-16-30-21-11-4-2-5-12-21/h2-14,17H,15-16,18H2,1H3,(H,24,26). The average Bonchev–Trinajstić information content (AvgIpc) is 2.81. The van der Waals surface area contributed by atoms with Crippen molar-refractivity contribution in [3.05, 3.63) is 84.9 Å². The van der Waals surface area contributed by atoms with E-state index in [9.17, 15) is 13.2 Å². The molecule has 0 saturated carbocycles. The summed E-state index contributed by atoms with van der Waals surface area (Å²) >= 11 is 1.62. The van der Waals surface area contributed by atoms with Crippen molar-refractivity contribution in [2.45, 2.75) is 9.79 Å². The van der Waals surface area contributed by atoms with Crippen molar-refractivity contribution in [3.8, 4) is 5.75 Å². The Morgan fingerprint density at radius 3 is 2.32 bits per heavy atom. The summed E-state index contributed by atoms with van der Waals surface area (Å²) in [5.41, 5.74) is 0.358. The third-order valence-electron chi connectivity index (χ3n) is 4.40. The molecule has 0 aliphatic rings. The first kappa shape index (κ1) is 22.7. The Bertz CT molecular complexity index is 1090. The number of rotatable bonds is 10. The number of benzene rings is 3. The van der Waals surface area contributed by atoms with Crippen LogP contribution in [0.3, 0.4) is 0 Å². The molecule has 8 heteroatoms. The van der Waals surface area contributed by atoms with Crippen LogP contribution >= 0.6 is 11.8 Å². The second kappa shape index (κ2) is 10.9. The van der Waals surface area contributed by atoms with Crippen LogP contribution in [0.5, 0.6) is 5.75 Å². The molecular weight excluding hydrogens is 432 g/mol. The van der Waals surface area contributed by atoms with Crippen molar-refractivity contribution in [2.24, 2.45) is 0 Å². The Hall–Kier alpha value is -2.97. The van der Waals surface area contributed by atoms with E-state index in [4.69, 9.17) is 4.74 Å². The second-order valence-electron chi connectivity index (χ2n) is 6.54. The fraction of sp³-hybridized carbons (Fsp3) is 0.174. The third kappa shape index (κ3) is 6.26. The molecule has 1 amide bonds. The molecule has 0 aromatic heterocycles. The van der Waals surface area contributed by atoms with E-state index < -0.39 is 10.0 Å². The highest BCUT2D eigenvalue weighted by Crippen LogP contribution is 2.26. The molecule has 0 aliphatic carbocycles. The van der Waals surface area contributed by atoms with Crippen molar-refractivity contribution in [1.29, 1.82) is 0 Å². The topological polar surface area (TPSA) is 75.7 Å². The van der Waals surface area contributed by atoms with E-state index >= 15 is 0 Å². The number of sulfonamides is 1. The number of thioether (sulfide) groups is 1. The Balaban J connectivity index is 1.72. The van der Waals surface area contributed by atoms with Gasteiger partial charge in [-0.05, 0) is 36.4 Å². The van der Waals surface area contributed by atoms with E-state index in [2.05, 4.69) is 5.32 Å². The minimum Gasteiger partial charge on any atom is -0.497 e. The minimum absolute atomic E-state index is 0.116. The molecule has 1 N–H and O–H groups in total. The number of carbonyl (C=O) groups excluding carboxylic acids is 1. The first-order valence-corrected chi connectivity index (χ1v) is 12.1. The zero-order valence-corrected chi connectivity index (χ0v) is 18.7. The van der Waals surface area contributed by atoms with Crippen LogP contribution in [0.4, 0.5) is 5.69 Å². The maximum atomic E-state index is 13.3. The van der Waals surface area contributed by atoms with Crippen LogP contribution in [-0.4, -0.2) is 40.3 Å². The highest BCUT2D eigenvalue weighted by molar-refractivity contribution is 7.99. The molecular formula is C23H24N2O4S2. The van der Waals surface area contributed by atoms with Crippen LogP contribution in [0.15, 0.2) is 94.7 Å². The fourth-order valence-electron chi connectivity index (χ4n) is 2.86. The molecule has 162 valence electrons. The molecule has 0 bridgehead atoms. The number of anilines is 1. The van der Waals surface area contributed by atoms with Crippen LogP contribution < -0.4 is 14.4 Å². The van der Waals surface area contributed by atoms with Gasteiger partial charge in [-0.15, -0.1) is 11.8 Å². The second-order valence-corrected chi connectivity index (χ2v) is 9.57. The third-order valence-corrected chi connectivity index (χ3v) is 7.20. The molecule has 3 aromatic carbocycles. The molecule has 0 fully saturated rings. The lowest BCUT2D eigenvalue weighted by molar-refractivity contribution is -0.119. The van der Waals surface area contributed by atoms with Gasteiger partial charge in [0.1, 0.15) is 12.3 Å². The number of nitrogens with one attached hydrogen (secondary N) is 1. The monoisotopic (exact) mass is 456 g/mol. The Kier molecular flexibility index (Phi) is 7.97. The molecule has 3 rings (SSSR count). The maximum absolute atomic E-state index is 13.3. The number of hydrogen-bond acceptors (Lipinski definition) is 5. The number of methoxy groups -OCH3 is 1. The first-order chi connectivity index (χ1) is 15.0. The lowest BCUT2D eigenvalue weighted by Crippen LogP contribution is -2.41. The number of carbonyl (C=O) groups is 1. The van der Waals surface area contributed by atoms with Crippen molar-refractivity contribution in [2.75, 3.05) is 30.3 Å². The van der Waals surface area contributed by atoms with Crippen molar-refractivity contribution >= 4 is 33.4 Å². The number of amides is 1. The Labute approximate surface area is 187 Å². The van der Waals surface area contributed by atoms with E-state index in [0.717, 1.165) is 9.20 Å². The van der Waals surface area contributed by atoms with Gasteiger partial charge in [-0.25, -0.2) is 8.42 Å². The molecule has 0 unspecified atom stereocenters. The van der Waals surface area contributed by atoms with Gasteiger partial charge in [0.2, 0.25) is 5.91 Å². The molecule has 0 atom stereocenters. The SMILES string of the molecule is COc1cccc(N(CC(=O)NCCSc2ccccc2)S(=O)(=O)c2ccccc2)c1. The van der Waals surface area contributed by atoms with Crippen molar-refractivity contribution < 1.29 is 17.9 Å². The minimum atomic E-state index is -3.94. The summed E-state index contributed by atoms with van der Waals surface area (Å²) in [4.78, 5) is 13.8. The summed E-state index contributed by atoms with van der Waals surface area (Å²) in [6.45, 7) is 0.0934. The smallest absolute Gasteiger partial charge is 0.264 e. The summed E-state index contributed by atoms with van der Waals surface area (Å²) in [7, 11) is -2.43. The highest BCUT2D eigenvalue weighted by Gasteiger charge is 2.27. The van der Waals surface area contributed by atoms with Crippen molar-refractivity contribution in [3.63, 3.8) is 0 Å². The molecule has 0 spiro atoms. The zero-order chi connectivity index (χ0) is 22.1. The zero-order valence-electron chi connectivity index (χ0n) is 17.1. The summed E-state index contributed by atoms with van der Waals surface area (Å²) < 4.78 is 32.9. The average molecular weight is 457 g/mol. The Morgan fingerprint density at radius 1 is 0.968 bits per heavy atom. The van der Waals surface area contributed by atoms with E-state index in [1.807, 2.05) is 30.3 Å². The molecule has 0 aliphatic heterocycles. The number of hydrogen-bond donors (Lipinski definition) is 1. The van der Waals surface area contributed by atoms with Gasteiger partial charge >= 0.3 is 0 Å². The van der Waals surface area contributed by atoms with Crippen LogP contribution in [-0.2, 0) is 14.8 Å². The summed E-state index contributed by atoms with van der Waals surface area (Å²) in [6, 6.07) is 24.6. The van der Waals surface area contributed by atoms with Gasteiger partial charge in [-0.1, -0.05) is 42.5 Å². The summed E-state index contributed by atoms with van der Waals surface area (Å²) in [5.74, 6) is 0.807. The largest absolute Gasteiger partial charge is 0.497 e. The van der Waals surface area contributed by atoms with Gasteiger partial charge in [0.15, 0.2) is 0 Å². The van der Waals surface area contributed by atoms with Crippen molar-refractivity contribution in [1.82, 2.24) is 5.32 Å². The number of ether oxygens (including phenoxy) is 1. The highest BCUT2D eigenvalue weighted by atomic mass is 32.2. The molecule has 3 aromatic rings. The van der Waals surface area contributed by atoms with E-state index in [0.29, 0.717) is 23.7 Å². The maximum Gasteiger partial charge on any atom is 0.264 e. The molecule has 31 heavy (non-hydrogen) atoms. The van der Waals surface area contributed by atoms with Gasteiger partial charge in [-0.2, -0.15) is 0 Å². The summed E-state index contributed by atoms with van der Waals surface area (Å²) in [6.07, 6.45) is 0. The quantitative estimate of drug-likeness (QED) is 0.371. The van der Waals surface area contributed by atoms with E-state index in [1.165, 1.54) is 19.2 Å². The lowest BCUT2D eigenvalue weighted by atomic mass is 10.3. The molecule has 0 radical (unpaired) electrons. The van der Waals surface area contributed by atoms with Gasteiger partial charge in [0, 0.05) is 23.3 Å². The lowest BCUT2D eigenvalue weighted by Gasteiger charge is -2.24. The predicted molar refractivity (Wildman–Crippen MR) is 124 cm³/mol. The van der Waals surface area contributed by atoms with Gasteiger partial charge in [-0.3, -0.25) is 9.10 Å². The van der Waals surface area contributed by atoms with Crippen LogP contribution in [0.2, 0.25) is 0 Å². The van der Waals surface area contributed by atoms with Gasteiger partial charge in [0.25, 0.3) is 10.0 Å². The number of nitrogens with zero attached hydrogens (tertiary/aromatic N) is 1.